The van der Waals surface area contributed by atoms with Crippen LogP contribution in [0.3, 0.4) is 0 Å². The lowest BCUT2D eigenvalue weighted by molar-refractivity contribution is 0.121. The fourth-order valence-electron chi connectivity index (χ4n) is 2.57. The van der Waals surface area contributed by atoms with Gasteiger partial charge in [-0.05, 0) is 12.0 Å². The third-order valence-electron chi connectivity index (χ3n) is 3.81. The fraction of sp³-hybridized carbons (Fsp3) is 0.500. The molecule has 2 rings (SSSR count). The number of carbonyl (C=O) groups excluding carboxylic acids is 1. The quantitative estimate of drug-likeness (QED) is 0.591. The first-order valence-electron chi connectivity index (χ1n) is 8.14. The average molecular weight is 302 g/mol. The Hall–Kier alpha value is -1.81. The van der Waals surface area contributed by atoms with Crippen molar-refractivity contribution >= 4 is 6.03 Å². The van der Waals surface area contributed by atoms with Crippen LogP contribution < -0.4 is 5.32 Å². The van der Waals surface area contributed by atoms with Gasteiger partial charge in [0.2, 0.25) is 0 Å². The summed E-state index contributed by atoms with van der Waals surface area (Å²) in [5.74, 6) is 0. The molecule has 0 saturated heterocycles. The summed E-state index contributed by atoms with van der Waals surface area (Å²) in [6.45, 7) is 4.55. The zero-order chi connectivity index (χ0) is 15.6. The first kappa shape index (κ1) is 16.6. The topological polar surface area (TPSA) is 41.6 Å². The summed E-state index contributed by atoms with van der Waals surface area (Å²) < 4.78 is 5.58. The van der Waals surface area contributed by atoms with Crippen LogP contribution in [-0.4, -0.2) is 36.7 Å². The normalized spacial score (nSPS) is 17.0. The summed E-state index contributed by atoms with van der Waals surface area (Å²) in [4.78, 5) is 14.1. The van der Waals surface area contributed by atoms with Crippen molar-refractivity contribution in [2.24, 2.45) is 0 Å². The van der Waals surface area contributed by atoms with Crippen LogP contribution in [0.15, 0.2) is 42.5 Å². The van der Waals surface area contributed by atoms with Gasteiger partial charge in [0.25, 0.3) is 0 Å². The fourth-order valence-corrected chi connectivity index (χ4v) is 2.57. The van der Waals surface area contributed by atoms with Gasteiger partial charge in [-0.15, -0.1) is 0 Å². The number of hydrogen-bond donors (Lipinski definition) is 1. The van der Waals surface area contributed by atoms with Gasteiger partial charge in [-0.25, -0.2) is 4.79 Å². The molecule has 120 valence electrons. The van der Waals surface area contributed by atoms with E-state index in [4.69, 9.17) is 4.74 Å². The molecule has 4 nitrogen and oxygen atoms in total. The lowest BCUT2D eigenvalue weighted by Gasteiger charge is -2.24. The summed E-state index contributed by atoms with van der Waals surface area (Å²) in [5, 5.41) is 2.94. The standard InChI is InChI=1S/C18H26N2O2/c1-2-3-10-17-11-7-13-20(17)18(21)19-12-14-22-15-16-8-5-4-6-9-16/h4-9,11,17H,2-3,10,12-15H2,1H3,(H,19,21). The van der Waals surface area contributed by atoms with E-state index in [0.29, 0.717) is 26.3 Å². The molecule has 1 heterocycles. The Kier molecular flexibility index (Phi) is 6.97. The van der Waals surface area contributed by atoms with Crippen LogP contribution in [0.5, 0.6) is 0 Å². The molecule has 1 N–H and O–H groups in total. The van der Waals surface area contributed by atoms with E-state index in [1.165, 1.54) is 0 Å². The van der Waals surface area contributed by atoms with E-state index in [1.54, 1.807) is 0 Å². The zero-order valence-electron chi connectivity index (χ0n) is 13.3. The van der Waals surface area contributed by atoms with Gasteiger partial charge in [0.05, 0.1) is 19.3 Å². The minimum Gasteiger partial charge on any atom is -0.375 e. The summed E-state index contributed by atoms with van der Waals surface area (Å²) in [6, 6.07) is 10.3. The van der Waals surface area contributed by atoms with E-state index < -0.39 is 0 Å². The zero-order valence-corrected chi connectivity index (χ0v) is 13.3. The van der Waals surface area contributed by atoms with Crippen LogP contribution >= 0.6 is 0 Å². The number of carbonyl (C=O) groups is 1. The molecule has 0 aliphatic carbocycles. The molecule has 0 bridgehead atoms. The highest BCUT2D eigenvalue weighted by Gasteiger charge is 2.23. The van der Waals surface area contributed by atoms with Gasteiger partial charge in [0.15, 0.2) is 0 Å². The number of nitrogens with zero attached hydrogens (tertiary/aromatic N) is 1. The number of hydrogen-bond acceptors (Lipinski definition) is 2. The second-order valence-corrected chi connectivity index (χ2v) is 5.56. The van der Waals surface area contributed by atoms with Crippen LogP contribution in [0.1, 0.15) is 31.7 Å². The molecule has 1 aliphatic rings. The van der Waals surface area contributed by atoms with Gasteiger partial charge in [0, 0.05) is 13.1 Å². The summed E-state index contributed by atoms with van der Waals surface area (Å²) >= 11 is 0. The predicted molar refractivity (Wildman–Crippen MR) is 88.7 cm³/mol. The number of unbranched alkanes of at least 4 members (excludes halogenated alkanes) is 1. The van der Waals surface area contributed by atoms with Crippen LogP contribution in [0.4, 0.5) is 4.79 Å². The molecule has 4 heteroatoms. The van der Waals surface area contributed by atoms with Crippen LogP contribution in [0.2, 0.25) is 0 Å². The Morgan fingerprint density at radius 2 is 2.18 bits per heavy atom. The minimum atomic E-state index is 0.00872. The second kappa shape index (κ2) is 9.26. The van der Waals surface area contributed by atoms with Gasteiger partial charge < -0.3 is 15.0 Å². The average Bonchev–Trinajstić information content (AvgIpc) is 3.02. The molecule has 0 aromatic heterocycles. The van der Waals surface area contributed by atoms with Gasteiger partial charge in [-0.1, -0.05) is 62.2 Å². The third kappa shape index (κ3) is 5.19. The molecule has 1 atom stereocenters. The molecule has 1 aromatic carbocycles. The number of ether oxygens (including phenoxy) is 1. The molecular weight excluding hydrogens is 276 g/mol. The van der Waals surface area contributed by atoms with Gasteiger partial charge in [-0.2, -0.15) is 0 Å². The van der Waals surface area contributed by atoms with Crippen molar-refractivity contribution in [2.75, 3.05) is 19.7 Å². The number of amides is 2. The lowest BCUT2D eigenvalue weighted by atomic mass is 10.1. The number of benzene rings is 1. The summed E-state index contributed by atoms with van der Waals surface area (Å²) in [5.41, 5.74) is 1.15. The van der Waals surface area contributed by atoms with Gasteiger partial charge in [-0.3, -0.25) is 0 Å². The van der Waals surface area contributed by atoms with Crippen molar-refractivity contribution < 1.29 is 9.53 Å². The Morgan fingerprint density at radius 1 is 1.36 bits per heavy atom. The molecule has 1 aliphatic heterocycles. The van der Waals surface area contributed by atoms with E-state index in [9.17, 15) is 4.79 Å². The Labute approximate surface area is 133 Å². The second-order valence-electron chi connectivity index (χ2n) is 5.56. The van der Waals surface area contributed by atoms with Crippen molar-refractivity contribution in [1.82, 2.24) is 10.2 Å². The SMILES string of the molecule is CCCCC1C=CCN1C(=O)NCCOCc1ccccc1. The highest BCUT2D eigenvalue weighted by Crippen LogP contribution is 2.15. The maximum atomic E-state index is 12.2. The highest BCUT2D eigenvalue weighted by molar-refractivity contribution is 5.75. The van der Waals surface area contributed by atoms with Crippen molar-refractivity contribution in [2.45, 2.75) is 38.8 Å². The van der Waals surface area contributed by atoms with Crippen LogP contribution in [0.25, 0.3) is 0 Å². The predicted octanol–water partition coefficient (Wildman–Crippen LogP) is 3.34. The number of nitrogens with one attached hydrogen (secondary N) is 1. The van der Waals surface area contributed by atoms with E-state index in [0.717, 1.165) is 24.8 Å². The van der Waals surface area contributed by atoms with Crippen LogP contribution in [0, 0.1) is 0 Å². The molecule has 22 heavy (non-hydrogen) atoms. The van der Waals surface area contributed by atoms with Crippen molar-refractivity contribution in [3.63, 3.8) is 0 Å². The van der Waals surface area contributed by atoms with Gasteiger partial charge in [0.1, 0.15) is 0 Å². The molecule has 1 unspecified atom stereocenters. The highest BCUT2D eigenvalue weighted by atomic mass is 16.5. The molecule has 0 saturated carbocycles. The summed E-state index contributed by atoms with van der Waals surface area (Å²) in [6.07, 6.45) is 7.57. The van der Waals surface area contributed by atoms with E-state index in [-0.39, 0.29) is 12.1 Å². The molecule has 0 fully saturated rings. The largest absolute Gasteiger partial charge is 0.375 e. The molecular formula is C18H26N2O2. The number of urea groups is 1. The Morgan fingerprint density at radius 3 is 2.95 bits per heavy atom. The van der Waals surface area contributed by atoms with Crippen molar-refractivity contribution in [1.29, 1.82) is 0 Å². The minimum absolute atomic E-state index is 0.00872. The molecule has 2 amide bonds. The van der Waals surface area contributed by atoms with E-state index in [1.807, 2.05) is 35.2 Å². The maximum absolute atomic E-state index is 12.2. The first-order chi connectivity index (χ1) is 10.8. The van der Waals surface area contributed by atoms with Crippen LogP contribution in [-0.2, 0) is 11.3 Å². The first-order valence-corrected chi connectivity index (χ1v) is 8.14. The Bertz CT molecular complexity index is 473. The van der Waals surface area contributed by atoms with Crippen molar-refractivity contribution in [3.8, 4) is 0 Å². The third-order valence-corrected chi connectivity index (χ3v) is 3.81. The number of rotatable bonds is 8. The molecule has 0 spiro atoms. The molecule has 1 aromatic rings. The van der Waals surface area contributed by atoms with E-state index >= 15 is 0 Å². The van der Waals surface area contributed by atoms with E-state index in [2.05, 4.69) is 24.4 Å². The monoisotopic (exact) mass is 302 g/mol. The van der Waals surface area contributed by atoms with Crippen molar-refractivity contribution in [3.05, 3.63) is 48.0 Å². The molecule has 0 radical (unpaired) electrons. The smallest absolute Gasteiger partial charge is 0.318 e. The summed E-state index contributed by atoms with van der Waals surface area (Å²) in [7, 11) is 0. The maximum Gasteiger partial charge on any atom is 0.318 e. The Balaban J connectivity index is 1.61. The lowest BCUT2D eigenvalue weighted by Crippen LogP contribution is -2.44. The van der Waals surface area contributed by atoms with Gasteiger partial charge >= 0.3 is 6.03 Å².